The van der Waals surface area contributed by atoms with Crippen LogP contribution in [0, 0.1) is 20.8 Å². The monoisotopic (exact) mass is 290 g/mol. The summed E-state index contributed by atoms with van der Waals surface area (Å²) in [6.07, 6.45) is 0.312. The first-order valence-corrected chi connectivity index (χ1v) is 7.35. The Bertz CT molecular complexity index is 608. The van der Waals surface area contributed by atoms with Crippen molar-refractivity contribution in [3.05, 3.63) is 40.4 Å². The third kappa shape index (κ3) is 3.81. The second kappa shape index (κ2) is 6.52. The van der Waals surface area contributed by atoms with Crippen molar-refractivity contribution in [2.75, 3.05) is 11.9 Å². The number of benzene rings is 1. The summed E-state index contributed by atoms with van der Waals surface area (Å²) in [5, 5.41) is 5.31. The van der Waals surface area contributed by atoms with Gasteiger partial charge < -0.3 is 10.1 Å². The van der Waals surface area contributed by atoms with Gasteiger partial charge in [-0.1, -0.05) is 12.1 Å². The van der Waals surface area contributed by atoms with Crippen LogP contribution in [0.25, 0.3) is 0 Å². The summed E-state index contributed by atoms with van der Waals surface area (Å²) >= 11 is 1.43. The van der Waals surface area contributed by atoms with Crippen molar-refractivity contribution >= 4 is 22.4 Å². The summed E-state index contributed by atoms with van der Waals surface area (Å²) < 4.78 is 5.65. The van der Waals surface area contributed by atoms with Gasteiger partial charge in [0.15, 0.2) is 5.13 Å². The number of nitrogens with one attached hydrogen (secondary N) is 1. The Hall–Kier alpha value is -1.88. The zero-order valence-corrected chi connectivity index (χ0v) is 12.7. The van der Waals surface area contributed by atoms with Gasteiger partial charge in [0.1, 0.15) is 5.75 Å². The van der Waals surface area contributed by atoms with E-state index in [-0.39, 0.29) is 5.91 Å². The molecule has 0 aliphatic heterocycles. The third-order valence-corrected chi connectivity index (χ3v) is 3.88. The van der Waals surface area contributed by atoms with Crippen LogP contribution in [0.5, 0.6) is 5.75 Å². The van der Waals surface area contributed by atoms with Gasteiger partial charge in [0, 0.05) is 5.38 Å². The summed E-state index contributed by atoms with van der Waals surface area (Å²) in [7, 11) is 0. The summed E-state index contributed by atoms with van der Waals surface area (Å²) in [4.78, 5) is 15.9. The highest BCUT2D eigenvalue weighted by molar-refractivity contribution is 7.13. The summed E-state index contributed by atoms with van der Waals surface area (Å²) in [5.41, 5.74) is 3.21. The second-order valence-corrected chi connectivity index (χ2v) is 5.50. The van der Waals surface area contributed by atoms with Crippen LogP contribution >= 0.6 is 11.3 Å². The lowest BCUT2D eigenvalue weighted by molar-refractivity contribution is -0.116. The van der Waals surface area contributed by atoms with Crippen LogP contribution in [0.15, 0.2) is 23.6 Å². The number of ether oxygens (including phenoxy) is 1. The predicted molar refractivity (Wildman–Crippen MR) is 81.5 cm³/mol. The summed E-state index contributed by atoms with van der Waals surface area (Å²) in [5.74, 6) is 0.757. The number of carbonyl (C=O) groups is 1. The molecule has 1 N–H and O–H groups in total. The van der Waals surface area contributed by atoms with Crippen molar-refractivity contribution in [2.24, 2.45) is 0 Å². The van der Waals surface area contributed by atoms with Crippen molar-refractivity contribution < 1.29 is 9.53 Å². The number of aryl methyl sites for hydroxylation is 2. The topological polar surface area (TPSA) is 51.2 Å². The first-order chi connectivity index (χ1) is 9.56. The minimum absolute atomic E-state index is 0.0790. The van der Waals surface area contributed by atoms with Gasteiger partial charge in [0.2, 0.25) is 5.91 Å². The van der Waals surface area contributed by atoms with Crippen LogP contribution in [0.4, 0.5) is 5.13 Å². The summed E-state index contributed by atoms with van der Waals surface area (Å²) in [6.45, 7) is 6.32. The number of thiazole rings is 1. The lowest BCUT2D eigenvalue weighted by atomic mass is 10.1. The molecule has 1 aromatic carbocycles. The fourth-order valence-electron chi connectivity index (χ4n) is 1.73. The maximum absolute atomic E-state index is 11.7. The van der Waals surface area contributed by atoms with E-state index in [1.54, 1.807) is 0 Å². The number of nitrogens with zero attached hydrogens (tertiary/aromatic N) is 1. The van der Waals surface area contributed by atoms with E-state index in [4.69, 9.17) is 4.74 Å². The Balaban J connectivity index is 1.81. The lowest BCUT2D eigenvalue weighted by Gasteiger charge is -2.10. The molecular weight excluding hydrogens is 272 g/mol. The van der Waals surface area contributed by atoms with E-state index in [2.05, 4.69) is 10.3 Å². The largest absolute Gasteiger partial charge is 0.493 e. The zero-order valence-electron chi connectivity index (χ0n) is 11.9. The standard InChI is InChI=1S/C15H18N2O2S/c1-10-5-4-6-13(12(10)3)19-8-7-14(18)17-15-16-11(2)9-20-15/h4-6,9H,7-8H2,1-3H3,(H,16,17,18). The predicted octanol–water partition coefficient (Wildman–Crippen LogP) is 3.48. The quantitative estimate of drug-likeness (QED) is 0.917. The van der Waals surface area contributed by atoms with Crippen molar-refractivity contribution in [1.82, 2.24) is 4.98 Å². The number of hydrogen-bond acceptors (Lipinski definition) is 4. The van der Waals surface area contributed by atoms with Crippen LogP contribution in [-0.4, -0.2) is 17.5 Å². The van der Waals surface area contributed by atoms with Gasteiger partial charge in [-0.15, -0.1) is 11.3 Å². The molecule has 0 aliphatic rings. The molecule has 0 fully saturated rings. The molecule has 20 heavy (non-hydrogen) atoms. The molecule has 1 aromatic heterocycles. The van der Waals surface area contributed by atoms with E-state index >= 15 is 0 Å². The van der Waals surface area contributed by atoms with Gasteiger partial charge in [0.05, 0.1) is 18.7 Å². The van der Waals surface area contributed by atoms with Gasteiger partial charge in [-0.05, 0) is 38.0 Å². The number of carbonyl (C=O) groups excluding carboxylic acids is 1. The minimum atomic E-state index is -0.0790. The molecule has 0 spiro atoms. The Morgan fingerprint density at radius 1 is 1.35 bits per heavy atom. The van der Waals surface area contributed by atoms with Crippen LogP contribution in [0.1, 0.15) is 23.2 Å². The van der Waals surface area contributed by atoms with Crippen molar-refractivity contribution in [2.45, 2.75) is 27.2 Å². The van der Waals surface area contributed by atoms with Gasteiger partial charge in [-0.2, -0.15) is 0 Å². The summed E-state index contributed by atoms with van der Waals surface area (Å²) in [6, 6.07) is 5.92. The molecule has 106 valence electrons. The molecule has 0 atom stereocenters. The Kier molecular flexibility index (Phi) is 4.74. The third-order valence-electron chi connectivity index (χ3n) is 3.01. The van der Waals surface area contributed by atoms with Gasteiger partial charge in [0.25, 0.3) is 0 Å². The molecule has 0 saturated carbocycles. The number of hydrogen-bond donors (Lipinski definition) is 1. The molecule has 1 heterocycles. The van der Waals surface area contributed by atoms with E-state index < -0.39 is 0 Å². The maximum atomic E-state index is 11.7. The number of rotatable bonds is 5. The average molecular weight is 290 g/mol. The second-order valence-electron chi connectivity index (χ2n) is 4.64. The Morgan fingerprint density at radius 2 is 2.15 bits per heavy atom. The maximum Gasteiger partial charge on any atom is 0.229 e. The fraction of sp³-hybridized carbons (Fsp3) is 0.333. The highest BCUT2D eigenvalue weighted by atomic mass is 32.1. The normalized spacial score (nSPS) is 10.3. The van der Waals surface area contributed by atoms with Gasteiger partial charge in [-0.25, -0.2) is 4.98 Å². The van der Waals surface area contributed by atoms with Crippen molar-refractivity contribution in [3.8, 4) is 5.75 Å². The first-order valence-electron chi connectivity index (χ1n) is 6.47. The van der Waals surface area contributed by atoms with Crippen molar-refractivity contribution in [3.63, 3.8) is 0 Å². The van der Waals surface area contributed by atoms with E-state index in [1.807, 2.05) is 44.4 Å². The smallest absolute Gasteiger partial charge is 0.229 e. The van der Waals surface area contributed by atoms with E-state index in [1.165, 1.54) is 16.9 Å². The molecule has 2 rings (SSSR count). The minimum Gasteiger partial charge on any atom is -0.493 e. The van der Waals surface area contributed by atoms with E-state index in [9.17, 15) is 4.79 Å². The molecule has 0 radical (unpaired) electrons. The Morgan fingerprint density at radius 3 is 2.85 bits per heavy atom. The van der Waals surface area contributed by atoms with Crippen molar-refractivity contribution in [1.29, 1.82) is 0 Å². The van der Waals surface area contributed by atoms with Crippen LogP contribution in [-0.2, 0) is 4.79 Å². The van der Waals surface area contributed by atoms with Gasteiger partial charge in [-0.3, -0.25) is 4.79 Å². The molecule has 4 nitrogen and oxygen atoms in total. The van der Waals surface area contributed by atoms with E-state index in [0.29, 0.717) is 18.2 Å². The Labute approximate surface area is 122 Å². The molecule has 0 bridgehead atoms. The van der Waals surface area contributed by atoms with Crippen LogP contribution in [0.2, 0.25) is 0 Å². The molecule has 5 heteroatoms. The molecule has 1 amide bonds. The van der Waals surface area contributed by atoms with Crippen LogP contribution < -0.4 is 10.1 Å². The number of amides is 1. The average Bonchev–Trinajstić information content (AvgIpc) is 2.80. The SMILES string of the molecule is Cc1csc(NC(=O)CCOc2cccc(C)c2C)n1. The van der Waals surface area contributed by atoms with Gasteiger partial charge >= 0.3 is 0 Å². The highest BCUT2D eigenvalue weighted by Crippen LogP contribution is 2.20. The zero-order chi connectivity index (χ0) is 14.5. The number of anilines is 1. The van der Waals surface area contributed by atoms with Crippen LogP contribution in [0.3, 0.4) is 0 Å². The lowest BCUT2D eigenvalue weighted by Crippen LogP contribution is -2.15. The molecule has 2 aromatic rings. The number of aromatic nitrogens is 1. The highest BCUT2D eigenvalue weighted by Gasteiger charge is 2.07. The first kappa shape index (κ1) is 14.5. The molecule has 0 saturated heterocycles. The molecular formula is C15H18N2O2S. The fourth-order valence-corrected chi connectivity index (χ4v) is 2.43. The van der Waals surface area contributed by atoms with E-state index in [0.717, 1.165) is 17.0 Å². The molecule has 0 unspecified atom stereocenters. The molecule has 0 aliphatic carbocycles.